The van der Waals surface area contributed by atoms with Crippen molar-refractivity contribution < 1.29 is 5.11 Å². The van der Waals surface area contributed by atoms with E-state index in [1.807, 2.05) is 47.9 Å². The number of hydrogen-bond acceptors (Lipinski definition) is 3. The van der Waals surface area contributed by atoms with Crippen molar-refractivity contribution >= 4 is 23.5 Å². The van der Waals surface area contributed by atoms with Gasteiger partial charge in [-0.05, 0) is 11.6 Å². The molecule has 76 valence electrons. The minimum absolute atomic E-state index is 0.00960. The van der Waals surface area contributed by atoms with Gasteiger partial charge in [-0.25, -0.2) is 4.98 Å². The standard InChI is InChI=1S/C12H11NOS/c14-8-11-9-15-12(13-11)7-6-10-4-2-1-3-5-10/h1-7,9,14H,8H2/b7-6+. The van der Waals surface area contributed by atoms with Gasteiger partial charge in [0.25, 0.3) is 0 Å². The fourth-order valence-corrected chi connectivity index (χ4v) is 1.90. The summed E-state index contributed by atoms with van der Waals surface area (Å²) in [5.41, 5.74) is 1.88. The number of aliphatic hydroxyl groups excluding tert-OH is 1. The molecule has 1 aromatic heterocycles. The molecule has 0 spiro atoms. The predicted octanol–water partition coefficient (Wildman–Crippen LogP) is 2.81. The number of benzene rings is 1. The van der Waals surface area contributed by atoms with E-state index < -0.39 is 0 Å². The highest BCUT2D eigenvalue weighted by atomic mass is 32.1. The normalized spacial score (nSPS) is 11.0. The van der Waals surface area contributed by atoms with E-state index >= 15 is 0 Å². The highest BCUT2D eigenvalue weighted by Gasteiger charge is 1.96. The molecule has 0 aliphatic rings. The Bertz CT molecular complexity index is 448. The zero-order valence-corrected chi connectivity index (χ0v) is 8.95. The Labute approximate surface area is 92.5 Å². The topological polar surface area (TPSA) is 33.1 Å². The van der Waals surface area contributed by atoms with E-state index in [9.17, 15) is 0 Å². The van der Waals surface area contributed by atoms with Gasteiger partial charge in [0, 0.05) is 5.38 Å². The SMILES string of the molecule is OCc1csc(/C=C/c2ccccc2)n1. The third-order valence-corrected chi connectivity index (χ3v) is 2.81. The van der Waals surface area contributed by atoms with Gasteiger partial charge in [-0.2, -0.15) is 0 Å². The van der Waals surface area contributed by atoms with E-state index in [0.717, 1.165) is 16.3 Å². The average Bonchev–Trinajstić information content (AvgIpc) is 2.76. The molecule has 0 amide bonds. The first-order chi connectivity index (χ1) is 7.38. The molecule has 1 N–H and O–H groups in total. The first kappa shape index (κ1) is 10.1. The van der Waals surface area contributed by atoms with E-state index in [-0.39, 0.29) is 6.61 Å². The molecule has 15 heavy (non-hydrogen) atoms. The van der Waals surface area contributed by atoms with Gasteiger partial charge in [0.15, 0.2) is 0 Å². The Hall–Kier alpha value is -1.45. The van der Waals surface area contributed by atoms with Crippen LogP contribution in [0.5, 0.6) is 0 Å². The largest absolute Gasteiger partial charge is 0.390 e. The summed E-state index contributed by atoms with van der Waals surface area (Å²) < 4.78 is 0. The molecule has 1 aromatic carbocycles. The molecule has 0 saturated carbocycles. The lowest BCUT2D eigenvalue weighted by molar-refractivity contribution is 0.277. The summed E-state index contributed by atoms with van der Waals surface area (Å²) in [5, 5.41) is 11.6. The maximum Gasteiger partial charge on any atom is 0.116 e. The average molecular weight is 217 g/mol. The maximum absolute atomic E-state index is 8.86. The van der Waals surface area contributed by atoms with E-state index in [2.05, 4.69) is 4.98 Å². The van der Waals surface area contributed by atoms with Crippen LogP contribution in [0, 0.1) is 0 Å². The molecule has 0 bridgehead atoms. The Morgan fingerprint density at radius 1 is 1.20 bits per heavy atom. The highest BCUT2D eigenvalue weighted by molar-refractivity contribution is 7.10. The van der Waals surface area contributed by atoms with Gasteiger partial charge < -0.3 is 5.11 Å². The molecule has 0 saturated heterocycles. The molecule has 2 nitrogen and oxygen atoms in total. The van der Waals surface area contributed by atoms with E-state index in [0.29, 0.717) is 0 Å². The molecule has 3 heteroatoms. The second kappa shape index (κ2) is 4.87. The number of hydrogen-bond donors (Lipinski definition) is 1. The van der Waals surface area contributed by atoms with Crippen LogP contribution in [0.15, 0.2) is 35.7 Å². The first-order valence-corrected chi connectivity index (χ1v) is 5.55. The van der Waals surface area contributed by atoms with Crippen molar-refractivity contribution in [1.82, 2.24) is 4.98 Å². The van der Waals surface area contributed by atoms with Gasteiger partial charge >= 0.3 is 0 Å². The molecule has 0 aliphatic heterocycles. The summed E-state index contributed by atoms with van der Waals surface area (Å²) in [4.78, 5) is 4.23. The van der Waals surface area contributed by atoms with Gasteiger partial charge in [0.2, 0.25) is 0 Å². The fraction of sp³-hybridized carbons (Fsp3) is 0.0833. The number of aromatic nitrogens is 1. The third kappa shape index (κ3) is 2.75. The number of aliphatic hydroxyl groups is 1. The number of thiazole rings is 1. The highest BCUT2D eigenvalue weighted by Crippen LogP contribution is 2.13. The summed E-state index contributed by atoms with van der Waals surface area (Å²) in [7, 11) is 0. The van der Waals surface area contributed by atoms with Crippen LogP contribution in [-0.2, 0) is 6.61 Å². The van der Waals surface area contributed by atoms with Crippen LogP contribution in [0.3, 0.4) is 0 Å². The van der Waals surface area contributed by atoms with Crippen molar-refractivity contribution in [2.45, 2.75) is 6.61 Å². The van der Waals surface area contributed by atoms with Gasteiger partial charge in [-0.15, -0.1) is 11.3 Å². The second-order valence-electron chi connectivity index (χ2n) is 3.08. The molecule has 0 fully saturated rings. The molecule has 0 radical (unpaired) electrons. The monoisotopic (exact) mass is 217 g/mol. The van der Waals surface area contributed by atoms with Crippen molar-refractivity contribution in [2.24, 2.45) is 0 Å². The van der Waals surface area contributed by atoms with Crippen LogP contribution in [0.1, 0.15) is 16.3 Å². The molecule has 0 aliphatic carbocycles. The molecular weight excluding hydrogens is 206 g/mol. The first-order valence-electron chi connectivity index (χ1n) is 4.67. The summed E-state index contributed by atoms with van der Waals surface area (Å²) >= 11 is 1.54. The molecular formula is C12H11NOS. The lowest BCUT2D eigenvalue weighted by Gasteiger charge is -1.89. The Kier molecular flexibility index (Phi) is 3.27. The summed E-state index contributed by atoms with van der Waals surface area (Å²) in [6.45, 7) is 0.00960. The van der Waals surface area contributed by atoms with Crippen LogP contribution in [0.2, 0.25) is 0 Å². The number of rotatable bonds is 3. The van der Waals surface area contributed by atoms with E-state index in [1.54, 1.807) is 0 Å². The third-order valence-electron chi connectivity index (χ3n) is 1.95. The van der Waals surface area contributed by atoms with Crippen LogP contribution >= 0.6 is 11.3 Å². The second-order valence-corrected chi connectivity index (χ2v) is 3.97. The van der Waals surface area contributed by atoms with Crippen molar-refractivity contribution in [3.63, 3.8) is 0 Å². The van der Waals surface area contributed by atoms with Crippen molar-refractivity contribution in [3.05, 3.63) is 52.0 Å². The zero-order valence-electron chi connectivity index (χ0n) is 8.13. The minimum atomic E-state index is 0.00960. The lowest BCUT2D eigenvalue weighted by Crippen LogP contribution is -1.80. The Morgan fingerprint density at radius 2 is 2.00 bits per heavy atom. The molecule has 1 heterocycles. The van der Waals surface area contributed by atoms with E-state index in [4.69, 9.17) is 5.11 Å². The lowest BCUT2D eigenvalue weighted by atomic mass is 10.2. The molecule has 2 rings (SSSR count). The van der Waals surface area contributed by atoms with Crippen molar-refractivity contribution in [1.29, 1.82) is 0 Å². The van der Waals surface area contributed by atoms with Crippen LogP contribution in [0.4, 0.5) is 0 Å². The molecule has 0 atom stereocenters. The maximum atomic E-state index is 8.86. The quantitative estimate of drug-likeness (QED) is 0.857. The van der Waals surface area contributed by atoms with Crippen LogP contribution in [-0.4, -0.2) is 10.1 Å². The van der Waals surface area contributed by atoms with Gasteiger partial charge in [-0.1, -0.05) is 36.4 Å². The van der Waals surface area contributed by atoms with Crippen LogP contribution < -0.4 is 0 Å². The Balaban J connectivity index is 2.11. The van der Waals surface area contributed by atoms with Gasteiger partial charge in [0.05, 0.1) is 12.3 Å². The van der Waals surface area contributed by atoms with E-state index in [1.165, 1.54) is 11.3 Å². The molecule has 0 unspecified atom stereocenters. The summed E-state index contributed by atoms with van der Waals surface area (Å²) in [6.07, 6.45) is 3.97. The minimum Gasteiger partial charge on any atom is -0.390 e. The smallest absolute Gasteiger partial charge is 0.116 e. The van der Waals surface area contributed by atoms with Crippen molar-refractivity contribution in [3.8, 4) is 0 Å². The van der Waals surface area contributed by atoms with Gasteiger partial charge in [0.1, 0.15) is 5.01 Å². The summed E-state index contributed by atoms with van der Waals surface area (Å²) in [5.74, 6) is 0. The fourth-order valence-electron chi connectivity index (χ4n) is 1.20. The number of nitrogens with zero attached hydrogens (tertiary/aromatic N) is 1. The molecule has 2 aromatic rings. The van der Waals surface area contributed by atoms with Crippen molar-refractivity contribution in [2.75, 3.05) is 0 Å². The zero-order chi connectivity index (χ0) is 10.5. The predicted molar refractivity (Wildman–Crippen MR) is 63.4 cm³/mol. The summed E-state index contributed by atoms with van der Waals surface area (Å²) in [6, 6.07) is 10.1. The van der Waals surface area contributed by atoms with Crippen LogP contribution in [0.25, 0.3) is 12.2 Å². The Morgan fingerprint density at radius 3 is 2.67 bits per heavy atom. The van der Waals surface area contributed by atoms with Gasteiger partial charge in [-0.3, -0.25) is 0 Å².